The number of nitrogens with two attached hydrogens (primary N) is 1. The van der Waals surface area contributed by atoms with Gasteiger partial charge in [0.05, 0.1) is 0 Å². The molecule has 2 aliphatic carbocycles. The number of hydrogen-bond donors (Lipinski definition) is 1. The summed E-state index contributed by atoms with van der Waals surface area (Å²) in [5, 5.41) is 0. The lowest BCUT2D eigenvalue weighted by Gasteiger charge is -2.47. The van der Waals surface area contributed by atoms with Crippen LogP contribution in [0.2, 0.25) is 0 Å². The van der Waals surface area contributed by atoms with Crippen LogP contribution in [-0.2, 0) is 0 Å². The van der Waals surface area contributed by atoms with Crippen LogP contribution in [0.4, 0.5) is 0 Å². The Labute approximate surface area is 63.0 Å². The second kappa shape index (κ2) is 1.58. The van der Waals surface area contributed by atoms with Gasteiger partial charge in [-0.2, -0.15) is 0 Å². The van der Waals surface area contributed by atoms with Crippen molar-refractivity contribution in [3.63, 3.8) is 0 Å². The molecular weight excluding hydrogens is 122 g/mol. The van der Waals surface area contributed by atoms with E-state index >= 15 is 0 Å². The Bertz CT molecular complexity index is 162. The van der Waals surface area contributed by atoms with E-state index in [4.69, 9.17) is 5.73 Å². The highest BCUT2D eigenvalue weighted by Gasteiger charge is 2.66. The molecule has 0 aliphatic heterocycles. The molecule has 1 heteroatoms. The summed E-state index contributed by atoms with van der Waals surface area (Å²) in [6.45, 7) is 5.71. The van der Waals surface area contributed by atoms with E-state index in [0.29, 0.717) is 10.8 Å². The van der Waals surface area contributed by atoms with Crippen molar-refractivity contribution in [1.29, 1.82) is 0 Å². The molecule has 0 radical (unpaired) electrons. The second-order valence-electron chi connectivity index (χ2n) is 4.68. The SMILES string of the molecule is CC1(C)CCC12CC2CN. The molecule has 0 aromatic heterocycles. The largest absolute Gasteiger partial charge is 0.330 e. The van der Waals surface area contributed by atoms with Crippen molar-refractivity contribution in [2.24, 2.45) is 22.5 Å². The first-order valence-corrected chi connectivity index (χ1v) is 4.32. The third-order valence-electron chi connectivity index (χ3n) is 4.06. The smallest absolute Gasteiger partial charge is 0.00431 e. The highest BCUT2D eigenvalue weighted by atomic mass is 14.8. The van der Waals surface area contributed by atoms with Crippen molar-refractivity contribution in [2.75, 3.05) is 6.54 Å². The summed E-state index contributed by atoms with van der Waals surface area (Å²) < 4.78 is 0. The van der Waals surface area contributed by atoms with Gasteiger partial charge in [-0.05, 0) is 42.6 Å². The fourth-order valence-corrected chi connectivity index (χ4v) is 2.77. The monoisotopic (exact) mass is 139 g/mol. The maximum Gasteiger partial charge on any atom is -0.00431 e. The highest BCUT2D eigenvalue weighted by Crippen LogP contribution is 2.74. The molecule has 2 N–H and O–H groups in total. The summed E-state index contributed by atoms with van der Waals surface area (Å²) in [7, 11) is 0. The van der Waals surface area contributed by atoms with Gasteiger partial charge in [0.1, 0.15) is 0 Å². The third kappa shape index (κ3) is 0.531. The van der Waals surface area contributed by atoms with Crippen molar-refractivity contribution < 1.29 is 0 Å². The summed E-state index contributed by atoms with van der Waals surface area (Å²) in [6.07, 6.45) is 4.28. The molecule has 10 heavy (non-hydrogen) atoms. The van der Waals surface area contributed by atoms with Gasteiger partial charge < -0.3 is 5.73 Å². The summed E-state index contributed by atoms with van der Waals surface area (Å²) in [4.78, 5) is 0. The molecule has 0 aromatic carbocycles. The highest BCUT2D eigenvalue weighted by molar-refractivity contribution is 5.16. The average Bonchev–Trinajstić information content (AvgIpc) is 2.62. The van der Waals surface area contributed by atoms with E-state index in [9.17, 15) is 0 Å². The molecule has 2 rings (SSSR count). The van der Waals surface area contributed by atoms with Crippen LogP contribution in [0.15, 0.2) is 0 Å². The van der Waals surface area contributed by atoms with E-state index in [2.05, 4.69) is 13.8 Å². The van der Waals surface area contributed by atoms with Gasteiger partial charge in [-0.15, -0.1) is 0 Å². The van der Waals surface area contributed by atoms with Gasteiger partial charge in [-0.3, -0.25) is 0 Å². The summed E-state index contributed by atoms with van der Waals surface area (Å²) in [5.41, 5.74) is 6.97. The zero-order valence-corrected chi connectivity index (χ0v) is 6.98. The Morgan fingerprint density at radius 1 is 1.40 bits per heavy atom. The van der Waals surface area contributed by atoms with E-state index in [1.165, 1.54) is 19.3 Å². The standard InChI is InChI=1S/C9H17N/c1-8(2)3-4-9(8)5-7(9)6-10/h7H,3-6,10H2,1-2H3. The molecule has 0 amide bonds. The molecule has 2 fully saturated rings. The van der Waals surface area contributed by atoms with Crippen LogP contribution < -0.4 is 5.73 Å². The molecule has 1 spiro atoms. The van der Waals surface area contributed by atoms with Gasteiger partial charge in [0, 0.05) is 0 Å². The zero-order chi connectivity index (χ0) is 7.41. The molecule has 1 nitrogen and oxygen atoms in total. The minimum Gasteiger partial charge on any atom is -0.330 e. The minimum atomic E-state index is 0.622. The molecule has 0 bridgehead atoms. The predicted octanol–water partition coefficient (Wildman–Crippen LogP) is 1.77. The molecule has 2 unspecified atom stereocenters. The van der Waals surface area contributed by atoms with Gasteiger partial charge >= 0.3 is 0 Å². The van der Waals surface area contributed by atoms with Crippen molar-refractivity contribution in [2.45, 2.75) is 33.1 Å². The van der Waals surface area contributed by atoms with Crippen LogP contribution in [0.5, 0.6) is 0 Å². The fraction of sp³-hybridized carbons (Fsp3) is 1.00. The Balaban J connectivity index is 2.08. The third-order valence-corrected chi connectivity index (χ3v) is 4.06. The molecule has 2 aliphatic rings. The van der Waals surface area contributed by atoms with E-state index in [1.807, 2.05) is 0 Å². The van der Waals surface area contributed by atoms with E-state index in [1.54, 1.807) is 0 Å². The molecule has 0 heterocycles. The lowest BCUT2D eigenvalue weighted by molar-refractivity contribution is 0.0317. The van der Waals surface area contributed by atoms with E-state index < -0.39 is 0 Å². The summed E-state index contributed by atoms with van der Waals surface area (Å²) in [5.74, 6) is 0.872. The first kappa shape index (κ1) is 6.66. The van der Waals surface area contributed by atoms with Gasteiger partial charge in [0.2, 0.25) is 0 Å². The molecule has 0 aromatic rings. The van der Waals surface area contributed by atoms with Crippen LogP contribution in [0.25, 0.3) is 0 Å². The lowest BCUT2D eigenvalue weighted by Crippen LogP contribution is -2.39. The van der Waals surface area contributed by atoms with Gasteiger partial charge in [-0.25, -0.2) is 0 Å². The van der Waals surface area contributed by atoms with Gasteiger partial charge in [0.15, 0.2) is 0 Å². The van der Waals surface area contributed by atoms with Crippen LogP contribution in [0, 0.1) is 16.7 Å². The van der Waals surface area contributed by atoms with E-state index in [-0.39, 0.29) is 0 Å². The van der Waals surface area contributed by atoms with Crippen LogP contribution in [-0.4, -0.2) is 6.54 Å². The van der Waals surface area contributed by atoms with Crippen molar-refractivity contribution in [3.8, 4) is 0 Å². The Morgan fingerprint density at radius 3 is 2.20 bits per heavy atom. The predicted molar refractivity (Wildman–Crippen MR) is 42.6 cm³/mol. The molecule has 58 valence electrons. The average molecular weight is 139 g/mol. The number of hydrogen-bond acceptors (Lipinski definition) is 1. The minimum absolute atomic E-state index is 0.622. The first-order valence-electron chi connectivity index (χ1n) is 4.32. The van der Waals surface area contributed by atoms with Crippen molar-refractivity contribution in [1.82, 2.24) is 0 Å². The van der Waals surface area contributed by atoms with Gasteiger partial charge in [0.25, 0.3) is 0 Å². The Kier molecular flexibility index (Phi) is 1.05. The Hall–Kier alpha value is -0.0400. The summed E-state index contributed by atoms with van der Waals surface area (Å²) in [6, 6.07) is 0. The molecule has 2 atom stereocenters. The van der Waals surface area contributed by atoms with Crippen LogP contribution in [0.1, 0.15) is 33.1 Å². The normalized spacial score (nSPS) is 48.9. The quantitative estimate of drug-likeness (QED) is 0.588. The maximum absolute atomic E-state index is 5.64. The molecule has 2 saturated carbocycles. The molecular formula is C9H17N. The van der Waals surface area contributed by atoms with Gasteiger partial charge in [-0.1, -0.05) is 13.8 Å². The fourth-order valence-electron chi connectivity index (χ4n) is 2.77. The zero-order valence-electron chi connectivity index (χ0n) is 6.98. The van der Waals surface area contributed by atoms with Crippen LogP contribution >= 0.6 is 0 Å². The summed E-state index contributed by atoms with van der Waals surface area (Å²) >= 11 is 0. The topological polar surface area (TPSA) is 26.0 Å². The van der Waals surface area contributed by atoms with Crippen LogP contribution in [0.3, 0.4) is 0 Å². The van der Waals surface area contributed by atoms with Crippen molar-refractivity contribution in [3.05, 3.63) is 0 Å². The Morgan fingerprint density at radius 2 is 2.10 bits per heavy atom. The number of rotatable bonds is 1. The lowest BCUT2D eigenvalue weighted by atomic mass is 9.58. The first-order chi connectivity index (χ1) is 4.62. The molecule has 0 saturated heterocycles. The second-order valence-corrected chi connectivity index (χ2v) is 4.68. The van der Waals surface area contributed by atoms with E-state index in [0.717, 1.165) is 12.5 Å². The maximum atomic E-state index is 5.64. The van der Waals surface area contributed by atoms with Crippen molar-refractivity contribution >= 4 is 0 Å².